The maximum Gasteiger partial charge on any atom is 0.295 e. The average molecular weight is 294 g/mol. The second-order valence-electron chi connectivity index (χ2n) is 3.66. The minimum absolute atomic E-state index is 0.147. The lowest BCUT2D eigenvalue weighted by molar-refractivity contribution is 0.196. The molecular weight excluding hydrogens is 282 g/mol. The van der Waals surface area contributed by atoms with Gasteiger partial charge in [0.2, 0.25) is 10.0 Å². The number of aryl methyl sites for hydroxylation is 1. The molecule has 1 aromatic rings. The molecule has 0 aliphatic rings. The van der Waals surface area contributed by atoms with Crippen LogP contribution in [0.5, 0.6) is 0 Å². The lowest BCUT2D eigenvalue weighted by Gasteiger charge is -2.13. The van der Waals surface area contributed by atoms with E-state index in [-0.39, 0.29) is 17.5 Å². The monoisotopic (exact) mass is 294 g/mol. The van der Waals surface area contributed by atoms with Crippen LogP contribution in [0.15, 0.2) is 21.9 Å². The Labute approximate surface area is 105 Å². The number of sulfonamides is 1. The summed E-state index contributed by atoms with van der Waals surface area (Å²) < 4.78 is 54.2. The molecule has 9 heteroatoms. The molecule has 0 saturated heterocycles. The third-order valence-electron chi connectivity index (χ3n) is 2.33. The van der Waals surface area contributed by atoms with Gasteiger partial charge in [-0.3, -0.25) is 4.55 Å². The van der Waals surface area contributed by atoms with Gasteiger partial charge in [0.1, 0.15) is 4.90 Å². The molecule has 7 nitrogen and oxygen atoms in total. The second kappa shape index (κ2) is 4.94. The van der Waals surface area contributed by atoms with Crippen LogP contribution in [-0.2, 0) is 31.7 Å². The van der Waals surface area contributed by atoms with Crippen LogP contribution in [0, 0.1) is 6.92 Å². The fourth-order valence-electron chi connectivity index (χ4n) is 1.69. The number of benzene rings is 1. The molecule has 1 radical (unpaired) electrons. The average Bonchev–Trinajstić information content (AvgIpc) is 2.13. The van der Waals surface area contributed by atoms with E-state index in [1.54, 1.807) is 0 Å². The molecule has 0 aliphatic heterocycles. The molecule has 0 bridgehead atoms. The Morgan fingerprint density at radius 1 is 1.22 bits per heavy atom. The summed E-state index contributed by atoms with van der Waals surface area (Å²) in [6, 6.07) is 2.32. The number of primary sulfonamides is 1. The number of hydrogen-bond acceptors (Lipinski definition) is 4. The zero-order valence-electron chi connectivity index (χ0n) is 9.45. The highest BCUT2D eigenvalue weighted by Gasteiger charge is 2.25. The van der Waals surface area contributed by atoms with Crippen molar-refractivity contribution in [1.82, 2.24) is 0 Å². The summed E-state index contributed by atoms with van der Waals surface area (Å²) in [6.45, 7) is 0.652. The Bertz CT molecular complexity index is 663. The van der Waals surface area contributed by atoms with Gasteiger partial charge in [-0.25, -0.2) is 18.7 Å². The molecule has 1 aromatic carbocycles. The van der Waals surface area contributed by atoms with Crippen LogP contribution in [0.25, 0.3) is 0 Å². The van der Waals surface area contributed by atoms with Gasteiger partial charge in [-0.1, -0.05) is 6.07 Å². The molecule has 0 unspecified atom stereocenters. The quantitative estimate of drug-likeness (QED) is 0.745. The Morgan fingerprint density at radius 2 is 1.78 bits per heavy atom. The van der Waals surface area contributed by atoms with Crippen molar-refractivity contribution in [3.8, 4) is 0 Å². The summed E-state index contributed by atoms with van der Waals surface area (Å²) in [7, 11) is -8.80. The van der Waals surface area contributed by atoms with Crippen LogP contribution in [0.1, 0.15) is 11.1 Å². The number of hydrogen-bond donors (Lipinski definition) is 2. The van der Waals surface area contributed by atoms with Crippen LogP contribution >= 0.6 is 0 Å². The van der Waals surface area contributed by atoms with Gasteiger partial charge in [0.25, 0.3) is 10.1 Å². The van der Waals surface area contributed by atoms with E-state index in [0.717, 1.165) is 6.07 Å². The summed E-state index contributed by atoms with van der Waals surface area (Å²) in [4.78, 5) is -1.03. The largest absolute Gasteiger partial charge is 0.295 e. The van der Waals surface area contributed by atoms with Crippen molar-refractivity contribution in [2.45, 2.75) is 23.1 Å². The molecule has 101 valence electrons. The third-order valence-corrected chi connectivity index (χ3v) is 4.41. The Morgan fingerprint density at radius 3 is 2.17 bits per heavy atom. The first-order chi connectivity index (χ1) is 8.09. The first-order valence-electron chi connectivity index (χ1n) is 4.80. The van der Waals surface area contributed by atoms with Crippen molar-refractivity contribution >= 4 is 20.1 Å². The van der Waals surface area contributed by atoms with Crippen LogP contribution in [0.4, 0.5) is 0 Å². The third kappa shape index (κ3) is 3.06. The predicted molar refractivity (Wildman–Crippen MR) is 61.6 cm³/mol. The minimum Gasteiger partial charge on any atom is -0.282 e. The zero-order valence-corrected chi connectivity index (χ0v) is 11.1. The normalized spacial score (nSPS) is 12.7. The smallest absolute Gasteiger partial charge is 0.282 e. The van der Waals surface area contributed by atoms with Crippen LogP contribution in [0.3, 0.4) is 0 Å². The molecule has 0 saturated carbocycles. The summed E-state index contributed by atoms with van der Waals surface area (Å²) >= 11 is 0. The molecule has 0 aromatic heterocycles. The predicted octanol–water partition coefficient (Wildman–Crippen LogP) is -0.138. The summed E-state index contributed by atoms with van der Waals surface area (Å²) in [5.74, 6) is 0. The molecule has 0 spiro atoms. The van der Waals surface area contributed by atoms with Crippen molar-refractivity contribution in [2.75, 3.05) is 6.61 Å². The molecule has 18 heavy (non-hydrogen) atoms. The van der Waals surface area contributed by atoms with Gasteiger partial charge < -0.3 is 0 Å². The van der Waals surface area contributed by atoms with Crippen molar-refractivity contribution in [3.05, 3.63) is 23.3 Å². The molecular formula is C9H12NO6S2. The van der Waals surface area contributed by atoms with Crippen LogP contribution in [0.2, 0.25) is 0 Å². The number of rotatable bonds is 4. The maximum atomic E-state index is 11.3. The Balaban J connectivity index is 3.81. The van der Waals surface area contributed by atoms with Gasteiger partial charge in [-0.05, 0) is 24.1 Å². The maximum absolute atomic E-state index is 11.3. The molecule has 0 aliphatic carbocycles. The molecule has 0 atom stereocenters. The lowest BCUT2D eigenvalue weighted by Crippen LogP contribution is -2.18. The van der Waals surface area contributed by atoms with Crippen molar-refractivity contribution in [3.63, 3.8) is 0 Å². The van der Waals surface area contributed by atoms with E-state index in [4.69, 9.17) is 9.69 Å². The molecule has 0 heterocycles. The molecule has 1 rings (SSSR count). The number of nitrogens with two attached hydrogens (primary N) is 1. The lowest BCUT2D eigenvalue weighted by atomic mass is 10.1. The van der Waals surface area contributed by atoms with E-state index in [0.29, 0.717) is 0 Å². The van der Waals surface area contributed by atoms with Gasteiger partial charge in [0.15, 0.2) is 0 Å². The first-order valence-corrected chi connectivity index (χ1v) is 7.78. The minimum atomic E-state index is -4.63. The van der Waals surface area contributed by atoms with Crippen LogP contribution < -0.4 is 5.14 Å². The van der Waals surface area contributed by atoms with E-state index in [1.807, 2.05) is 0 Å². The fourth-order valence-corrected chi connectivity index (χ4v) is 3.56. The Hall–Kier alpha value is -1.00. The van der Waals surface area contributed by atoms with Crippen molar-refractivity contribution in [1.29, 1.82) is 0 Å². The van der Waals surface area contributed by atoms with E-state index in [9.17, 15) is 21.9 Å². The highest BCUT2D eigenvalue weighted by molar-refractivity contribution is 7.89. The highest BCUT2D eigenvalue weighted by Crippen LogP contribution is 2.26. The standard InChI is InChI=1S/C9H12NO6S2/c1-6-2-3-8(17(10,12)13)7(4-5-11)9(6)18(14,15)16/h2-3H,4-5H2,1H3,(H2,10,12,13)(H,14,15,16). The SMILES string of the molecule is Cc1ccc(S(N)(=O)=O)c(CC[O])c1S(=O)(=O)O. The van der Waals surface area contributed by atoms with E-state index < -0.39 is 36.5 Å². The highest BCUT2D eigenvalue weighted by atomic mass is 32.2. The van der Waals surface area contributed by atoms with Gasteiger partial charge in [0, 0.05) is 6.42 Å². The summed E-state index contributed by atoms with van der Waals surface area (Å²) in [6.07, 6.45) is -0.359. The zero-order chi connectivity index (χ0) is 14.1. The summed E-state index contributed by atoms with van der Waals surface area (Å²) in [5.41, 5.74) is -0.122. The topological polar surface area (TPSA) is 134 Å². The van der Waals surface area contributed by atoms with E-state index in [1.165, 1.54) is 13.0 Å². The van der Waals surface area contributed by atoms with E-state index >= 15 is 0 Å². The van der Waals surface area contributed by atoms with Gasteiger partial charge in [-0.15, -0.1) is 0 Å². The van der Waals surface area contributed by atoms with Gasteiger partial charge in [-0.2, -0.15) is 8.42 Å². The van der Waals surface area contributed by atoms with Gasteiger partial charge in [0.05, 0.1) is 11.5 Å². The van der Waals surface area contributed by atoms with Gasteiger partial charge >= 0.3 is 0 Å². The van der Waals surface area contributed by atoms with Crippen molar-refractivity contribution in [2.24, 2.45) is 5.14 Å². The molecule has 3 N–H and O–H groups in total. The second-order valence-corrected chi connectivity index (χ2v) is 6.55. The molecule has 0 fully saturated rings. The fraction of sp³-hybridized carbons (Fsp3) is 0.333. The first kappa shape index (κ1) is 15.1. The van der Waals surface area contributed by atoms with Crippen molar-refractivity contribution < 1.29 is 26.5 Å². The van der Waals surface area contributed by atoms with Crippen LogP contribution in [-0.4, -0.2) is 28.0 Å². The molecule has 0 amide bonds. The van der Waals surface area contributed by atoms with E-state index in [2.05, 4.69) is 0 Å². The summed E-state index contributed by atoms with van der Waals surface area (Å²) in [5, 5.41) is 15.6. The Kier molecular flexibility index (Phi) is 4.13.